The van der Waals surface area contributed by atoms with E-state index < -0.39 is 18.5 Å². The Morgan fingerprint density at radius 1 is 1.43 bits per heavy atom. The molecule has 0 aliphatic heterocycles. The molecule has 1 heterocycles. The van der Waals surface area contributed by atoms with Gasteiger partial charge in [-0.05, 0) is 6.42 Å². The largest absolute Gasteiger partial charge is 0.433 e. The second-order valence-electron chi connectivity index (χ2n) is 2.91. The quantitative estimate of drug-likeness (QED) is 0.799. The average molecular weight is 208 g/mol. The molecule has 3 nitrogen and oxygen atoms in total. The molecule has 1 N–H and O–H groups in total. The van der Waals surface area contributed by atoms with Crippen LogP contribution in [0.1, 0.15) is 23.9 Å². The summed E-state index contributed by atoms with van der Waals surface area (Å²) in [7, 11) is 1.22. The van der Waals surface area contributed by atoms with E-state index in [1.54, 1.807) is 6.92 Å². The van der Waals surface area contributed by atoms with E-state index in [9.17, 15) is 13.2 Å². The number of aliphatic hydroxyl groups is 1. The number of hydrogen-bond donors (Lipinski definition) is 1. The third-order valence-corrected chi connectivity index (χ3v) is 1.99. The Bertz CT molecular complexity index is 330. The first kappa shape index (κ1) is 11.0. The van der Waals surface area contributed by atoms with E-state index in [2.05, 4.69) is 5.10 Å². The fourth-order valence-corrected chi connectivity index (χ4v) is 1.43. The van der Waals surface area contributed by atoms with Crippen LogP contribution >= 0.6 is 0 Å². The van der Waals surface area contributed by atoms with Crippen LogP contribution in [0, 0.1) is 0 Å². The summed E-state index contributed by atoms with van der Waals surface area (Å²) in [6.45, 7) is 1.06. The van der Waals surface area contributed by atoms with Gasteiger partial charge in [-0.2, -0.15) is 18.3 Å². The van der Waals surface area contributed by atoms with Crippen molar-refractivity contribution in [3.8, 4) is 0 Å². The lowest BCUT2D eigenvalue weighted by molar-refractivity contribution is -0.144. The Hall–Kier alpha value is -1.04. The number of nitrogens with zero attached hydrogens (tertiary/aromatic N) is 2. The van der Waals surface area contributed by atoms with Gasteiger partial charge in [0.05, 0.1) is 12.3 Å². The maximum Gasteiger partial charge on any atom is 0.433 e. The van der Waals surface area contributed by atoms with E-state index in [0.29, 0.717) is 12.1 Å². The third-order valence-electron chi connectivity index (χ3n) is 1.99. The zero-order valence-corrected chi connectivity index (χ0v) is 7.89. The first-order valence-electron chi connectivity index (χ1n) is 4.14. The lowest BCUT2D eigenvalue weighted by Crippen LogP contribution is -2.14. The Morgan fingerprint density at radius 3 is 2.36 bits per heavy atom. The number of alkyl halides is 3. The number of aliphatic hydroxyl groups excluding tert-OH is 1. The predicted molar refractivity (Wildman–Crippen MR) is 43.5 cm³/mol. The molecule has 14 heavy (non-hydrogen) atoms. The summed E-state index contributed by atoms with van der Waals surface area (Å²) in [6, 6.07) is 0. The number of halogens is 3. The molecule has 1 rings (SSSR count). The van der Waals surface area contributed by atoms with E-state index in [-0.39, 0.29) is 5.56 Å². The van der Waals surface area contributed by atoms with Gasteiger partial charge in [0, 0.05) is 12.6 Å². The van der Waals surface area contributed by atoms with Crippen LogP contribution in [0.3, 0.4) is 0 Å². The zero-order chi connectivity index (χ0) is 10.9. The Labute approximate surface area is 79.2 Å². The van der Waals surface area contributed by atoms with Gasteiger partial charge >= 0.3 is 6.18 Å². The molecule has 0 atom stereocenters. The SMILES string of the molecule is CCc1nn(C)c(C(F)(F)F)c1CO. The highest BCUT2D eigenvalue weighted by molar-refractivity contribution is 5.27. The van der Waals surface area contributed by atoms with E-state index in [4.69, 9.17) is 5.11 Å². The van der Waals surface area contributed by atoms with Crippen LogP contribution in [-0.4, -0.2) is 14.9 Å². The number of aryl methyl sites for hydroxylation is 2. The summed E-state index contributed by atoms with van der Waals surface area (Å²) in [5, 5.41) is 12.6. The first-order chi connectivity index (χ1) is 6.41. The van der Waals surface area contributed by atoms with Gasteiger partial charge in [0.1, 0.15) is 5.69 Å². The van der Waals surface area contributed by atoms with Gasteiger partial charge in [-0.3, -0.25) is 4.68 Å². The molecule has 0 aliphatic carbocycles. The maximum absolute atomic E-state index is 12.5. The van der Waals surface area contributed by atoms with Crippen molar-refractivity contribution in [1.82, 2.24) is 9.78 Å². The summed E-state index contributed by atoms with van der Waals surface area (Å²) in [5.41, 5.74) is -0.693. The van der Waals surface area contributed by atoms with Crippen LogP contribution in [0.5, 0.6) is 0 Å². The predicted octanol–water partition coefficient (Wildman–Crippen LogP) is 1.49. The first-order valence-corrected chi connectivity index (χ1v) is 4.14. The number of aromatic nitrogens is 2. The van der Waals surface area contributed by atoms with E-state index in [1.165, 1.54) is 7.05 Å². The van der Waals surface area contributed by atoms with Gasteiger partial charge < -0.3 is 5.11 Å². The molecule has 80 valence electrons. The highest BCUT2D eigenvalue weighted by Gasteiger charge is 2.38. The van der Waals surface area contributed by atoms with Crippen LogP contribution < -0.4 is 0 Å². The van der Waals surface area contributed by atoms with Gasteiger partial charge in [-0.25, -0.2) is 0 Å². The van der Waals surface area contributed by atoms with Crippen molar-refractivity contribution in [2.24, 2.45) is 7.05 Å². The monoisotopic (exact) mass is 208 g/mol. The Kier molecular flexibility index (Phi) is 2.84. The van der Waals surface area contributed by atoms with Crippen molar-refractivity contribution < 1.29 is 18.3 Å². The summed E-state index contributed by atoms with van der Waals surface area (Å²) in [6.07, 6.45) is -4.09. The topological polar surface area (TPSA) is 38.0 Å². The summed E-state index contributed by atoms with van der Waals surface area (Å²) >= 11 is 0. The van der Waals surface area contributed by atoms with Gasteiger partial charge in [0.15, 0.2) is 0 Å². The Balaban J connectivity index is 3.34. The van der Waals surface area contributed by atoms with E-state index in [0.717, 1.165) is 4.68 Å². The van der Waals surface area contributed by atoms with Crippen molar-refractivity contribution in [1.29, 1.82) is 0 Å². The summed E-state index contributed by atoms with van der Waals surface area (Å²) in [5.74, 6) is 0. The zero-order valence-electron chi connectivity index (χ0n) is 7.89. The average Bonchev–Trinajstić information content (AvgIpc) is 2.40. The minimum atomic E-state index is -4.47. The summed E-state index contributed by atoms with van der Waals surface area (Å²) in [4.78, 5) is 0. The fourth-order valence-electron chi connectivity index (χ4n) is 1.43. The van der Waals surface area contributed by atoms with Crippen molar-refractivity contribution in [3.63, 3.8) is 0 Å². The van der Waals surface area contributed by atoms with Crippen molar-refractivity contribution in [3.05, 3.63) is 17.0 Å². The van der Waals surface area contributed by atoms with Crippen molar-refractivity contribution >= 4 is 0 Å². The molecular weight excluding hydrogens is 197 g/mol. The molecule has 0 saturated heterocycles. The van der Waals surface area contributed by atoms with E-state index >= 15 is 0 Å². The minimum Gasteiger partial charge on any atom is -0.392 e. The van der Waals surface area contributed by atoms with Crippen LogP contribution in [0.2, 0.25) is 0 Å². The lowest BCUT2D eigenvalue weighted by Gasteiger charge is -2.08. The highest BCUT2D eigenvalue weighted by Crippen LogP contribution is 2.33. The molecular formula is C8H11F3N2O. The normalized spacial score (nSPS) is 12.1. The van der Waals surface area contributed by atoms with E-state index in [1.807, 2.05) is 0 Å². The molecule has 0 amide bonds. The van der Waals surface area contributed by atoms with Gasteiger partial charge in [0.2, 0.25) is 0 Å². The molecule has 1 aromatic heterocycles. The Morgan fingerprint density at radius 2 is 2.00 bits per heavy atom. The molecule has 0 aromatic carbocycles. The van der Waals surface area contributed by atoms with Crippen LogP contribution in [0.25, 0.3) is 0 Å². The van der Waals surface area contributed by atoms with Gasteiger partial charge in [0.25, 0.3) is 0 Å². The molecule has 6 heteroatoms. The van der Waals surface area contributed by atoms with Crippen LogP contribution in [0.4, 0.5) is 13.2 Å². The van der Waals surface area contributed by atoms with Gasteiger partial charge in [-0.1, -0.05) is 6.92 Å². The van der Waals surface area contributed by atoms with Crippen molar-refractivity contribution in [2.75, 3.05) is 0 Å². The van der Waals surface area contributed by atoms with Crippen LogP contribution in [0.15, 0.2) is 0 Å². The molecule has 0 spiro atoms. The number of hydrogen-bond acceptors (Lipinski definition) is 2. The maximum atomic E-state index is 12.5. The molecule has 0 fully saturated rings. The number of rotatable bonds is 2. The molecule has 0 radical (unpaired) electrons. The standard InChI is InChI=1S/C8H11F3N2O/c1-3-6-5(4-14)7(8(9,10)11)13(2)12-6/h14H,3-4H2,1-2H3. The van der Waals surface area contributed by atoms with Crippen LogP contribution in [-0.2, 0) is 26.3 Å². The fraction of sp³-hybridized carbons (Fsp3) is 0.625. The lowest BCUT2D eigenvalue weighted by atomic mass is 10.1. The smallest absolute Gasteiger partial charge is 0.392 e. The van der Waals surface area contributed by atoms with Gasteiger partial charge in [-0.15, -0.1) is 0 Å². The molecule has 0 saturated carbocycles. The third kappa shape index (κ3) is 1.75. The highest BCUT2D eigenvalue weighted by atomic mass is 19.4. The van der Waals surface area contributed by atoms with Crippen molar-refractivity contribution in [2.45, 2.75) is 26.1 Å². The second-order valence-corrected chi connectivity index (χ2v) is 2.91. The molecule has 0 unspecified atom stereocenters. The second kappa shape index (κ2) is 3.61. The molecule has 0 aliphatic rings. The molecule has 1 aromatic rings. The summed E-state index contributed by atoms with van der Waals surface area (Å²) < 4.78 is 38.2. The molecule has 0 bridgehead atoms. The minimum absolute atomic E-state index is 0.123.